The number of piperidine rings is 1. The fourth-order valence-electron chi connectivity index (χ4n) is 4.30. The average molecular weight is 478 g/mol. The lowest BCUT2D eigenvalue weighted by molar-refractivity contribution is -0.128. The number of halogens is 1. The molecular weight excluding hydrogens is 446 g/mol. The van der Waals surface area contributed by atoms with E-state index in [1.165, 1.54) is 0 Å². The third-order valence-corrected chi connectivity index (χ3v) is 6.80. The van der Waals surface area contributed by atoms with Gasteiger partial charge in [-0.15, -0.1) is 0 Å². The Balaban J connectivity index is 1.22. The summed E-state index contributed by atoms with van der Waals surface area (Å²) in [6.45, 7) is 6.22. The molecular formula is C28H32ClN3O2. The second-order valence-electron chi connectivity index (χ2n) is 9.00. The largest absolute Gasteiger partial charge is 0.492 e. The Morgan fingerprint density at radius 2 is 1.65 bits per heavy atom. The van der Waals surface area contributed by atoms with Gasteiger partial charge < -0.3 is 9.64 Å². The molecule has 0 bridgehead atoms. The fourth-order valence-corrected chi connectivity index (χ4v) is 4.43. The number of pyridine rings is 1. The topological polar surface area (TPSA) is 45.7 Å². The maximum atomic E-state index is 11.4. The Morgan fingerprint density at radius 3 is 2.26 bits per heavy atom. The van der Waals surface area contributed by atoms with Crippen LogP contribution in [0, 0.1) is 5.92 Å². The highest BCUT2D eigenvalue weighted by Crippen LogP contribution is 2.25. The van der Waals surface area contributed by atoms with Gasteiger partial charge in [0.2, 0.25) is 5.91 Å². The number of amides is 1. The summed E-state index contributed by atoms with van der Waals surface area (Å²) in [6, 6.07) is 20.0. The van der Waals surface area contributed by atoms with Crippen LogP contribution in [0.4, 0.5) is 0 Å². The Labute approximate surface area is 207 Å². The number of carbonyl (C=O) groups excluding carboxylic acids is 1. The van der Waals surface area contributed by atoms with Crippen molar-refractivity contribution in [1.29, 1.82) is 0 Å². The minimum Gasteiger partial charge on any atom is -0.492 e. The first-order valence-corrected chi connectivity index (χ1v) is 12.2. The molecule has 178 valence electrons. The predicted molar refractivity (Wildman–Crippen MR) is 138 cm³/mol. The molecule has 4 rings (SSSR count). The summed E-state index contributed by atoms with van der Waals surface area (Å²) in [5, 5.41) is 0.731. The van der Waals surface area contributed by atoms with Gasteiger partial charge >= 0.3 is 0 Å². The lowest BCUT2D eigenvalue weighted by Crippen LogP contribution is -2.40. The zero-order valence-corrected chi connectivity index (χ0v) is 20.7. The summed E-state index contributed by atoms with van der Waals surface area (Å²) < 4.78 is 5.98. The number of hydrogen-bond acceptors (Lipinski definition) is 4. The van der Waals surface area contributed by atoms with Crippen molar-refractivity contribution in [3.05, 3.63) is 71.9 Å². The molecule has 1 aliphatic heterocycles. The van der Waals surface area contributed by atoms with Gasteiger partial charge in [-0.1, -0.05) is 29.8 Å². The van der Waals surface area contributed by atoms with E-state index in [0.29, 0.717) is 12.5 Å². The van der Waals surface area contributed by atoms with E-state index in [9.17, 15) is 4.79 Å². The molecule has 0 radical (unpaired) electrons. The summed E-state index contributed by atoms with van der Waals surface area (Å²) in [6.07, 6.45) is 4.16. The Morgan fingerprint density at radius 1 is 1.00 bits per heavy atom. The predicted octanol–water partition coefficient (Wildman–Crippen LogP) is 5.64. The Hall–Kier alpha value is -2.89. The number of aromatic nitrogens is 1. The van der Waals surface area contributed by atoms with Crippen LogP contribution in [-0.2, 0) is 4.79 Å². The molecule has 0 saturated carbocycles. The van der Waals surface area contributed by atoms with Gasteiger partial charge in [-0.25, -0.2) is 0 Å². The van der Waals surface area contributed by atoms with E-state index >= 15 is 0 Å². The smallest absolute Gasteiger partial charge is 0.219 e. The van der Waals surface area contributed by atoms with E-state index in [0.717, 1.165) is 72.2 Å². The van der Waals surface area contributed by atoms with Gasteiger partial charge in [0, 0.05) is 49.4 Å². The number of rotatable bonds is 8. The highest BCUT2D eigenvalue weighted by Gasteiger charge is 2.21. The molecule has 6 heteroatoms. The highest BCUT2D eigenvalue weighted by molar-refractivity contribution is 6.30. The summed E-state index contributed by atoms with van der Waals surface area (Å²) in [5.41, 5.74) is 4.16. The van der Waals surface area contributed by atoms with Crippen LogP contribution in [0.15, 0.2) is 66.9 Å². The van der Waals surface area contributed by atoms with Crippen LogP contribution >= 0.6 is 11.6 Å². The van der Waals surface area contributed by atoms with Crippen LogP contribution in [0.5, 0.6) is 5.75 Å². The summed E-state index contributed by atoms with van der Waals surface area (Å²) in [4.78, 5) is 20.3. The minimum absolute atomic E-state index is 0.146. The highest BCUT2D eigenvalue weighted by atomic mass is 35.5. The molecule has 3 aromatic rings. The number of carbonyl (C=O) groups is 1. The van der Waals surface area contributed by atoms with Gasteiger partial charge in [-0.3, -0.25) is 14.7 Å². The quantitative estimate of drug-likeness (QED) is 0.421. The van der Waals surface area contributed by atoms with Crippen LogP contribution in [0.2, 0.25) is 5.02 Å². The molecule has 1 saturated heterocycles. The van der Waals surface area contributed by atoms with Crippen molar-refractivity contribution >= 4 is 17.5 Å². The van der Waals surface area contributed by atoms with Crippen LogP contribution in [0.3, 0.4) is 0 Å². The number of nitrogens with zero attached hydrogens (tertiary/aromatic N) is 3. The third-order valence-electron chi connectivity index (χ3n) is 6.54. The lowest BCUT2D eigenvalue weighted by Gasteiger charge is -2.33. The molecule has 1 fully saturated rings. The second kappa shape index (κ2) is 11.5. The summed E-state index contributed by atoms with van der Waals surface area (Å²) >= 11 is 5.98. The van der Waals surface area contributed by atoms with Crippen molar-refractivity contribution in [2.75, 3.05) is 39.8 Å². The molecule has 34 heavy (non-hydrogen) atoms. The zero-order chi connectivity index (χ0) is 23.9. The fraction of sp³-hybridized carbons (Fsp3) is 0.357. The normalized spacial score (nSPS) is 14.7. The van der Waals surface area contributed by atoms with Gasteiger partial charge in [-0.2, -0.15) is 0 Å². The van der Waals surface area contributed by atoms with Gasteiger partial charge in [0.25, 0.3) is 0 Å². The number of hydrogen-bond donors (Lipinski definition) is 0. The van der Waals surface area contributed by atoms with Crippen LogP contribution in [0.25, 0.3) is 22.4 Å². The SMILES string of the molecule is CC(=O)N(C)CC1CCN(CCOc2ccc(-c3ccc(-c4ccc(Cl)cc4)cn3)cc2)CC1. The van der Waals surface area contributed by atoms with Crippen molar-refractivity contribution < 1.29 is 9.53 Å². The molecule has 0 N–H and O–H groups in total. The lowest BCUT2D eigenvalue weighted by atomic mass is 9.96. The molecule has 0 atom stereocenters. The molecule has 0 spiro atoms. The molecule has 2 heterocycles. The monoisotopic (exact) mass is 477 g/mol. The van der Waals surface area contributed by atoms with Gasteiger partial charge in [0.15, 0.2) is 0 Å². The molecule has 0 aliphatic carbocycles. The number of ether oxygens (including phenoxy) is 1. The van der Waals surface area contributed by atoms with Gasteiger partial charge in [0.1, 0.15) is 12.4 Å². The van der Waals surface area contributed by atoms with E-state index in [4.69, 9.17) is 16.3 Å². The van der Waals surface area contributed by atoms with Crippen molar-refractivity contribution in [3.8, 4) is 28.1 Å². The molecule has 2 aromatic carbocycles. The van der Waals surface area contributed by atoms with Crippen LogP contribution < -0.4 is 4.74 Å². The van der Waals surface area contributed by atoms with Crippen LogP contribution in [0.1, 0.15) is 19.8 Å². The van der Waals surface area contributed by atoms with Crippen LogP contribution in [-0.4, -0.2) is 60.5 Å². The standard InChI is InChI=1S/C28H32ClN3O2/c1-21(33)31(2)20-22-13-15-32(16-14-22)17-18-34-27-10-5-24(6-11-27)28-12-7-25(19-30-28)23-3-8-26(29)9-4-23/h3-12,19,22H,13-18,20H2,1-2H3. The summed E-state index contributed by atoms with van der Waals surface area (Å²) in [7, 11) is 1.89. The molecule has 5 nitrogen and oxygen atoms in total. The van der Waals surface area contributed by atoms with E-state index < -0.39 is 0 Å². The number of likely N-dealkylation sites (tertiary alicyclic amines) is 1. The second-order valence-corrected chi connectivity index (χ2v) is 9.43. The van der Waals surface area contributed by atoms with Crippen molar-refractivity contribution in [1.82, 2.24) is 14.8 Å². The minimum atomic E-state index is 0.146. The summed E-state index contributed by atoms with van der Waals surface area (Å²) in [5.74, 6) is 1.62. The zero-order valence-electron chi connectivity index (χ0n) is 19.9. The first-order valence-electron chi connectivity index (χ1n) is 11.9. The third kappa shape index (κ3) is 6.58. The van der Waals surface area contributed by atoms with E-state index in [1.807, 2.05) is 60.6 Å². The van der Waals surface area contributed by atoms with E-state index in [1.54, 1.807) is 6.92 Å². The maximum absolute atomic E-state index is 11.4. The van der Waals surface area contributed by atoms with E-state index in [-0.39, 0.29) is 5.91 Å². The van der Waals surface area contributed by atoms with Gasteiger partial charge in [-0.05, 0) is 79.9 Å². The number of benzene rings is 2. The van der Waals surface area contributed by atoms with Crippen molar-refractivity contribution in [2.45, 2.75) is 19.8 Å². The molecule has 1 amide bonds. The molecule has 1 aliphatic rings. The first kappa shape index (κ1) is 24.2. The Bertz CT molecular complexity index is 1060. The Kier molecular flexibility index (Phi) is 8.20. The van der Waals surface area contributed by atoms with Crippen molar-refractivity contribution in [2.24, 2.45) is 5.92 Å². The average Bonchev–Trinajstić information content (AvgIpc) is 2.86. The molecule has 1 aromatic heterocycles. The van der Waals surface area contributed by atoms with E-state index in [2.05, 4.69) is 28.1 Å². The maximum Gasteiger partial charge on any atom is 0.219 e. The molecule has 0 unspecified atom stereocenters. The first-order chi connectivity index (χ1) is 16.5. The van der Waals surface area contributed by atoms with Crippen molar-refractivity contribution in [3.63, 3.8) is 0 Å². The van der Waals surface area contributed by atoms with Gasteiger partial charge in [0.05, 0.1) is 5.69 Å².